The lowest BCUT2D eigenvalue weighted by molar-refractivity contribution is -0.142. The van der Waals surface area contributed by atoms with Crippen molar-refractivity contribution >= 4 is 5.91 Å². The van der Waals surface area contributed by atoms with Crippen LogP contribution < -0.4 is 9.47 Å². The second kappa shape index (κ2) is 8.82. The van der Waals surface area contributed by atoms with Crippen molar-refractivity contribution in [3.05, 3.63) is 83.9 Å². The van der Waals surface area contributed by atoms with Crippen molar-refractivity contribution in [1.82, 2.24) is 4.90 Å². The van der Waals surface area contributed by atoms with Crippen LogP contribution >= 0.6 is 0 Å². The highest BCUT2D eigenvalue weighted by molar-refractivity contribution is 5.81. The Bertz CT molecular complexity index is 1040. The van der Waals surface area contributed by atoms with Gasteiger partial charge < -0.3 is 19.1 Å². The number of ether oxygens (including phenoxy) is 3. The largest absolute Gasteiger partial charge is 0.454 e. The summed E-state index contributed by atoms with van der Waals surface area (Å²) >= 11 is 0. The lowest BCUT2D eigenvalue weighted by Crippen LogP contribution is -2.38. The summed E-state index contributed by atoms with van der Waals surface area (Å²) in [6.07, 6.45) is 1.36. The van der Waals surface area contributed by atoms with Gasteiger partial charge in [-0.2, -0.15) is 0 Å². The van der Waals surface area contributed by atoms with E-state index in [9.17, 15) is 4.79 Å². The van der Waals surface area contributed by atoms with Crippen molar-refractivity contribution in [1.29, 1.82) is 0 Å². The van der Waals surface area contributed by atoms with Gasteiger partial charge in [0.1, 0.15) is 6.10 Å². The molecule has 0 aromatic heterocycles. The lowest BCUT2D eigenvalue weighted by atomic mass is 10.0. The molecule has 5 nitrogen and oxygen atoms in total. The van der Waals surface area contributed by atoms with Crippen molar-refractivity contribution in [2.75, 3.05) is 13.4 Å². The highest BCUT2D eigenvalue weighted by atomic mass is 16.7. The molecule has 3 aromatic rings. The molecular formula is C26H25NO4. The van der Waals surface area contributed by atoms with Crippen LogP contribution in [0.25, 0.3) is 11.1 Å². The van der Waals surface area contributed by atoms with Crippen molar-refractivity contribution in [3.8, 4) is 22.6 Å². The number of carbonyl (C=O) groups excluding carboxylic acids is 1. The van der Waals surface area contributed by atoms with Crippen molar-refractivity contribution in [2.45, 2.75) is 32.0 Å². The van der Waals surface area contributed by atoms with Gasteiger partial charge in [-0.25, -0.2) is 0 Å². The SMILES string of the molecule is O=C([C@H]1CCCO1)N(Cc1ccc(-c2ccccc2)cc1)Cc1ccc2c(c1)OCO2. The number of benzene rings is 3. The molecule has 0 N–H and O–H groups in total. The van der Waals surface area contributed by atoms with Crippen LogP contribution in [0.2, 0.25) is 0 Å². The Morgan fingerprint density at radius 3 is 2.32 bits per heavy atom. The van der Waals surface area contributed by atoms with Gasteiger partial charge in [-0.3, -0.25) is 4.79 Å². The summed E-state index contributed by atoms with van der Waals surface area (Å²) in [5.41, 5.74) is 4.45. The number of amides is 1. The van der Waals surface area contributed by atoms with E-state index in [1.807, 2.05) is 41.3 Å². The van der Waals surface area contributed by atoms with Gasteiger partial charge in [-0.15, -0.1) is 0 Å². The molecule has 158 valence electrons. The Hall–Kier alpha value is -3.31. The van der Waals surface area contributed by atoms with Gasteiger partial charge in [0.25, 0.3) is 5.91 Å². The van der Waals surface area contributed by atoms with Crippen LogP contribution in [-0.2, 0) is 22.6 Å². The summed E-state index contributed by atoms with van der Waals surface area (Å²) < 4.78 is 16.6. The van der Waals surface area contributed by atoms with Gasteiger partial charge in [0.2, 0.25) is 6.79 Å². The lowest BCUT2D eigenvalue weighted by Gasteiger charge is -2.26. The third-order valence-corrected chi connectivity index (χ3v) is 5.76. The highest BCUT2D eigenvalue weighted by Gasteiger charge is 2.29. The quantitative estimate of drug-likeness (QED) is 0.581. The molecule has 2 aliphatic heterocycles. The maximum atomic E-state index is 13.2. The van der Waals surface area contributed by atoms with Gasteiger partial charge in [-0.1, -0.05) is 60.7 Å². The fourth-order valence-corrected chi connectivity index (χ4v) is 4.10. The minimum atomic E-state index is -0.349. The Morgan fingerprint density at radius 1 is 0.839 bits per heavy atom. The number of carbonyl (C=O) groups is 1. The third-order valence-electron chi connectivity index (χ3n) is 5.76. The summed E-state index contributed by atoms with van der Waals surface area (Å²) in [7, 11) is 0. The monoisotopic (exact) mass is 415 g/mol. The molecule has 5 heteroatoms. The van der Waals surface area contributed by atoms with Crippen LogP contribution in [-0.4, -0.2) is 30.3 Å². The molecule has 0 radical (unpaired) electrons. The molecule has 1 amide bonds. The molecule has 3 aromatic carbocycles. The van der Waals surface area contributed by atoms with Crippen molar-refractivity contribution in [2.24, 2.45) is 0 Å². The first-order valence-corrected chi connectivity index (χ1v) is 10.7. The predicted octanol–water partition coefficient (Wildman–Crippen LogP) is 4.79. The molecule has 0 bridgehead atoms. The zero-order chi connectivity index (χ0) is 21.0. The van der Waals surface area contributed by atoms with E-state index in [0.717, 1.165) is 41.0 Å². The van der Waals surface area contributed by atoms with Crippen LogP contribution in [0.15, 0.2) is 72.8 Å². The van der Waals surface area contributed by atoms with Crippen LogP contribution in [0.3, 0.4) is 0 Å². The maximum Gasteiger partial charge on any atom is 0.252 e. The van der Waals surface area contributed by atoms with E-state index in [1.165, 1.54) is 5.56 Å². The first-order chi connectivity index (χ1) is 15.3. The van der Waals surface area contributed by atoms with Gasteiger partial charge in [0.15, 0.2) is 11.5 Å². The number of fused-ring (bicyclic) bond motifs is 1. The molecular weight excluding hydrogens is 390 g/mol. The van der Waals surface area contributed by atoms with Crippen LogP contribution in [0, 0.1) is 0 Å². The standard InChI is InChI=1S/C26H25NO4/c28-26(24-7-4-14-29-24)27(17-20-10-13-23-25(15-20)31-18-30-23)16-19-8-11-22(12-9-19)21-5-2-1-3-6-21/h1-3,5-6,8-13,15,24H,4,7,14,16-18H2/t24-/m1/s1. The summed E-state index contributed by atoms with van der Waals surface area (Å²) in [4.78, 5) is 15.1. The summed E-state index contributed by atoms with van der Waals surface area (Å²) in [6.45, 7) is 1.92. The molecule has 1 saturated heterocycles. The van der Waals surface area contributed by atoms with Gasteiger partial charge in [-0.05, 0) is 47.2 Å². The predicted molar refractivity (Wildman–Crippen MR) is 118 cm³/mol. The highest BCUT2D eigenvalue weighted by Crippen LogP contribution is 2.33. The zero-order valence-corrected chi connectivity index (χ0v) is 17.3. The van der Waals surface area contributed by atoms with Gasteiger partial charge in [0, 0.05) is 19.7 Å². The molecule has 31 heavy (non-hydrogen) atoms. The summed E-state index contributed by atoms with van der Waals surface area (Å²) in [5, 5.41) is 0. The molecule has 5 rings (SSSR count). The number of rotatable bonds is 6. The second-order valence-corrected chi connectivity index (χ2v) is 7.95. The van der Waals surface area contributed by atoms with E-state index in [4.69, 9.17) is 14.2 Å². The molecule has 0 unspecified atom stereocenters. The summed E-state index contributed by atoms with van der Waals surface area (Å²) in [5.74, 6) is 1.52. The van der Waals surface area contributed by atoms with Crippen molar-refractivity contribution in [3.63, 3.8) is 0 Å². The fourth-order valence-electron chi connectivity index (χ4n) is 4.10. The second-order valence-electron chi connectivity index (χ2n) is 7.95. The molecule has 2 heterocycles. The molecule has 1 atom stereocenters. The number of nitrogens with zero attached hydrogens (tertiary/aromatic N) is 1. The first kappa shape index (κ1) is 19.6. The minimum Gasteiger partial charge on any atom is -0.454 e. The average Bonchev–Trinajstić information content (AvgIpc) is 3.51. The van der Waals surface area contributed by atoms with E-state index in [1.54, 1.807) is 0 Å². The van der Waals surface area contributed by atoms with E-state index in [2.05, 4.69) is 36.4 Å². The molecule has 0 spiro atoms. The fraction of sp³-hybridized carbons (Fsp3) is 0.269. The van der Waals surface area contributed by atoms with Crippen LogP contribution in [0.4, 0.5) is 0 Å². The number of hydrogen-bond donors (Lipinski definition) is 0. The van der Waals surface area contributed by atoms with Gasteiger partial charge >= 0.3 is 0 Å². The Labute approximate surface area is 182 Å². The minimum absolute atomic E-state index is 0.0438. The van der Waals surface area contributed by atoms with E-state index in [0.29, 0.717) is 19.7 Å². The van der Waals surface area contributed by atoms with E-state index < -0.39 is 0 Å². The van der Waals surface area contributed by atoms with Crippen molar-refractivity contribution < 1.29 is 19.0 Å². The van der Waals surface area contributed by atoms with E-state index >= 15 is 0 Å². The maximum absolute atomic E-state index is 13.2. The summed E-state index contributed by atoms with van der Waals surface area (Å²) in [6, 6.07) is 24.6. The van der Waals surface area contributed by atoms with E-state index in [-0.39, 0.29) is 18.8 Å². The average molecular weight is 415 g/mol. The molecule has 0 aliphatic carbocycles. The number of hydrogen-bond acceptors (Lipinski definition) is 4. The smallest absolute Gasteiger partial charge is 0.252 e. The Kier molecular flexibility index (Phi) is 5.59. The molecule has 2 aliphatic rings. The topological polar surface area (TPSA) is 48.0 Å². The third kappa shape index (κ3) is 4.42. The zero-order valence-electron chi connectivity index (χ0n) is 17.3. The Balaban J connectivity index is 1.36. The van der Waals surface area contributed by atoms with Gasteiger partial charge in [0.05, 0.1) is 0 Å². The van der Waals surface area contributed by atoms with Crippen LogP contribution in [0.1, 0.15) is 24.0 Å². The molecule has 1 fully saturated rings. The van der Waals surface area contributed by atoms with Crippen LogP contribution in [0.5, 0.6) is 11.5 Å². The Morgan fingerprint density at radius 2 is 1.55 bits per heavy atom. The normalized spacial score (nSPS) is 17.0. The molecule has 0 saturated carbocycles. The first-order valence-electron chi connectivity index (χ1n) is 10.7.